The molecule has 8 nitrogen and oxygen atoms in total. The number of nitrogens with zero attached hydrogens (tertiary/aromatic N) is 2. The number of halogens is 1. The van der Waals surface area contributed by atoms with E-state index in [-0.39, 0.29) is 6.61 Å². The second-order valence-corrected chi connectivity index (χ2v) is 4.68. The van der Waals surface area contributed by atoms with Gasteiger partial charge in [0.15, 0.2) is 0 Å². The van der Waals surface area contributed by atoms with Gasteiger partial charge in [-0.25, -0.2) is 9.59 Å². The minimum atomic E-state index is -1.39. The molecule has 0 unspecified atom stereocenters. The van der Waals surface area contributed by atoms with Crippen LogP contribution in [-0.4, -0.2) is 45.3 Å². The Hall–Kier alpha value is -2.32. The molecule has 116 valence electrons. The van der Waals surface area contributed by atoms with Crippen LogP contribution in [0.2, 0.25) is 0 Å². The third-order valence-electron chi connectivity index (χ3n) is 3.42. The van der Waals surface area contributed by atoms with Crippen LogP contribution in [0.1, 0.15) is 25.8 Å². The van der Waals surface area contributed by atoms with E-state index in [9.17, 15) is 23.9 Å². The first-order valence-electron chi connectivity index (χ1n) is 6.60. The van der Waals surface area contributed by atoms with Crippen LogP contribution >= 0.6 is 0 Å². The number of amides is 1. The minimum absolute atomic E-state index is 0.268. The molecule has 2 rings (SSSR count). The fourth-order valence-electron chi connectivity index (χ4n) is 2.38. The Balaban J connectivity index is 2.17. The van der Waals surface area contributed by atoms with Crippen molar-refractivity contribution in [3.05, 3.63) is 26.7 Å². The third-order valence-corrected chi connectivity index (χ3v) is 3.42. The van der Waals surface area contributed by atoms with Crippen molar-refractivity contribution in [2.75, 3.05) is 19.7 Å². The molecule has 1 amide bonds. The maximum Gasteiger partial charge on any atom is 0.409 e. The van der Waals surface area contributed by atoms with Gasteiger partial charge in [-0.1, -0.05) is 0 Å². The summed E-state index contributed by atoms with van der Waals surface area (Å²) in [4.78, 5) is 37.6. The molecule has 0 radical (unpaired) electrons. The van der Waals surface area contributed by atoms with Gasteiger partial charge in [0.2, 0.25) is 11.7 Å². The van der Waals surface area contributed by atoms with E-state index < -0.39 is 35.1 Å². The first kappa shape index (κ1) is 15.1. The molecule has 1 saturated heterocycles. The molecule has 21 heavy (non-hydrogen) atoms. The first-order valence-corrected chi connectivity index (χ1v) is 6.60. The van der Waals surface area contributed by atoms with E-state index in [0.29, 0.717) is 25.9 Å². The predicted molar refractivity (Wildman–Crippen MR) is 69.8 cm³/mol. The maximum atomic E-state index is 13.4. The van der Waals surface area contributed by atoms with Crippen LogP contribution in [0.25, 0.3) is 0 Å². The number of piperidine rings is 1. The van der Waals surface area contributed by atoms with Gasteiger partial charge in [0.05, 0.1) is 6.61 Å². The van der Waals surface area contributed by atoms with E-state index in [2.05, 4.69) is 0 Å². The summed E-state index contributed by atoms with van der Waals surface area (Å²) in [7, 11) is 0. The van der Waals surface area contributed by atoms with Gasteiger partial charge in [-0.2, -0.15) is 4.39 Å². The van der Waals surface area contributed by atoms with Crippen LogP contribution in [0.3, 0.4) is 0 Å². The number of H-pyrrole nitrogens is 1. The number of aromatic amines is 1. The molecule has 0 saturated carbocycles. The van der Waals surface area contributed by atoms with Crippen molar-refractivity contribution in [2.24, 2.45) is 0 Å². The highest BCUT2D eigenvalue weighted by Gasteiger charge is 2.28. The van der Waals surface area contributed by atoms with Gasteiger partial charge in [-0.15, -0.1) is 0 Å². The quantitative estimate of drug-likeness (QED) is 0.810. The topological polar surface area (TPSA) is 105 Å². The van der Waals surface area contributed by atoms with Gasteiger partial charge in [-0.05, 0) is 19.8 Å². The fraction of sp³-hybridized carbons (Fsp3) is 0.583. The number of aromatic hydroxyl groups is 1. The lowest BCUT2D eigenvalue weighted by Crippen LogP contribution is -2.42. The smallest absolute Gasteiger partial charge is 0.409 e. The Morgan fingerprint density at radius 1 is 1.43 bits per heavy atom. The van der Waals surface area contributed by atoms with Crippen molar-refractivity contribution in [1.82, 2.24) is 14.5 Å². The minimum Gasteiger partial charge on any atom is -0.492 e. The molecule has 0 bridgehead atoms. The number of ether oxygens (including phenoxy) is 1. The summed E-state index contributed by atoms with van der Waals surface area (Å²) < 4.78 is 19.1. The summed E-state index contributed by atoms with van der Waals surface area (Å²) in [6.45, 7) is 2.60. The Morgan fingerprint density at radius 3 is 2.62 bits per heavy atom. The van der Waals surface area contributed by atoms with Crippen LogP contribution in [-0.2, 0) is 4.74 Å². The lowest BCUT2D eigenvalue weighted by atomic mass is 10.1. The molecular formula is C12H16FN3O5. The predicted octanol–water partition coefficient (Wildman–Crippen LogP) is 0.175. The normalized spacial score (nSPS) is 16.0. The monoisotopic (exact) mass is 301 g/mol. The number of aromatic nitrogens is 2. The zero-order valence-electron chi connectivity index (χ0n) is 11.5. The summed E-state index contributed by atoms with van der Waals surface area (Å²) in [6.07, 6.45) is 0.246. The fourth-order valence-corrected chi connectivity index (χ4v) is 2.38. The molecule has 0 atom stereocenters. The number of carbonyl (C=O) groups is 1. The molecule has 1 aliphatic heterocycles. The Labute approximate surface area is 118 Å². The lowest BCUT2D eigenvalue weighted by Gasteiger charge is -2.32. The Bertz CT molecular complexity index is 645. The largest absolute Gasteiger partial charge is 0.492 e. The van der Waals surface area contributed by atoms with E-state index in [0.717, 1.165) is 4.57 Å². The van der Waals surface area contributed by atoms with Gasteiger partial charge < -0.3 is 14.7 Å². The molecule has 1 aliphatic rings. The summed E-state index contributed by atoms with van der Waals surface area (Å²) >= 11 is 0. The van der Waals surface area contributed by atoms with Crippen molar-refractivity contribution >= 4 is 6.09 Å². The van der Waals surface area contributed by atoms with Crippen LogP contribution in [0.5, 0.6) is 5.88 Å². The highest BCUT2D eigenvalue weighted by Crippen LogP contribution is 2.25. The highest BCUT2D eigenvalue weighted by atomic mass is 19.1. The Morgan fingerprint density at radius 2 is 2.05 bits per heavy atom. The summed E-state index contributed by atoms with van der Waals surface area (Å²) in [6, 6.07) is -0.491. The molecule has 1 aromatic heterocycles. The molecule has 9 heteroatoms. The van der Waals surface area contributed by atoms with E-state index >= 15 is 0 Å². The van der Waals surface area contributed by atoms with Crippen molar-refractivity contribution in [3.63, 3.8) is 0 Å². The molecule has 0 aromatic carbocycles. The maximum absolute atomic E-state index is 13.4. The van der Waals surface area contributed by atoms with E-state index in [4.69, 9.17) is 4.74 Å². The molecule has 0 spiro atoms. The standard InChI is InChI=1S/C12H16FN3O5/c1-2-21-12(20)15-5-3-7(4-6-15)16-10(18)8(13)9(17)14-11(16)19/h7,18H,2-6H2,1H3,(H,14,17,19). The van der Waals surface area contributed by atoms with E-state index in [1.165, 1.54) is 4.90 Å². The SMILES string of the molecule is CCOC(=O)N1CCC(n2c(O)c(F)c(=O)[nH]c2=O)CC1. The average molecular weight is 301 g/mol. The molecule has 2 heterocycles. The third kappa shape index (κ3) is 2.91. The van der Waals surface area contributed by atoms with Crippen molar-refractivity contribution < 1.29 is 19.0 Å². The zero-order chi connectivity index (χ0) is 15.6. The average Bonchev–Trinajstić information content (AvgIpc) is 2.46. The number of rotatable bonds is 2. The van der Waals surface area contributed by atoms with Gasteiger partial charge in [0, 0.05) is 19.1 Å². The van der Waals surface area contributed by atoms with Gasteiger partial charge in [-0.3, -0.25) is 14.3 Å². The van der Waals surface area contributed by atoms with Crippen molar-refractivity contribution in [2.45, 2.75) is 25.8 Å². The van der Waals surface area contributed by atoms with Crippen LogP contribution in [0.4, 0.5) is 9.18 Å². The van der Waals surface area contributed by atoms with Crippen LogP contribution in [0, 0.1) is 5.82 Å². The molecule has 0 aliphatic carbocycles. The molecular weight excluding hydrogens is 285 g/mol. The molecule has 2 N–H and O–H groups in total. The number of likely N-dealkylation sites (tertiary alicyclic amines) is 1. The molecule has 1 fully saturated rings. The second kappa shape index (κ2) is 5.98. The van der Waals surface area contributed by atoms with Crippen LogP contribution < -0.4 is 11.2 Å². The van der Waals surface area contributed by atoms with Gasteiger partial charge in [0.1, 0.15) is 0 Å². The van der Waals surface area contributed by atoms with Crippen molar-refractivity contribution in [1.29, 1.82) is 0 Å². The number of hydrogen-bond donors (Lipinski definition) is 2. The van der Waals surface area contributed by atoms with Gasteiger partial charge in [0.25, 0.3) is 5.56 Å². The summed E-state index contributed by atoms with van der Waals surface area (Å²) in [5.74, 6) is -2.36. The van der Waals surface area contributed by atoms with Crippen molar-refractivity contribution in [3.8, 4) is 5.88 Å². The number of carbonyl (C=O) groups excluding carboxylic acids is 1. The first-order chi connectivity index (χ1) is 9.95. The second-order valence-electron chi connectivity index (χ2n) is 4.68. The molecule has 1 aromatic rings. The van der Waals surface area contributed by atoms with Crippen LogP contribution in [0.15, 0.2) is 9.59 Å². The van der Waals surface area contributed by atoms with E-state index in [1.54, 1.807) is 6.92 Å². The number of hydrogen-bond acceptors (Lipinski definition) is 5. The number of nitrogens with one attached hydrogen (secondary N) is 1. The summed E-state index contributed by atoms with van der Waals surface area (Å²) in [5.41, 5.74) is -2.12. The van der Waals surface area contributed by atoms with E-state index in [1.807, 2.05) is 4.98 Å². The summed E-state index contributed by atoms with van der Waals surface area (Å²) in [5, 5.41) is 9.63. The lowest BCUT2D eigenvalue weighted by molar-refractivity contribution is 0.0912. The Kier molecular flexibility index (Phi) is 4.29. The highest BCUT2D eigenvalue weighted by molar-refractivity contribution is 5.67. The zero-order valence-corrected chi connectivity index (χ0v) is 11.5. The van der Waals surface area contributed by atoms with Gasteiger partial charge >= 0.3 is 11.8 Å².